The van der Waals surface area contributed by atoms with Crippen LogP contribution in [0, 0.1) is 0 Å². The van der Waals surface area contributed by atoms with E-state index in [0.29, 0.717) is 31.2 Å². The minimum absolute atomic E-state index is 0.00590. The lowest BCUT2D eigenvalue weighted by Gasteiger charge is -2.16. The number of amides is 1. The summed E-state index contributed by atoms with van der Waals surface area (Å²) >= 11 is 0. The summed E-state index contributed by atoms with van der Waals surface area (Å²) in [7, 11) is 3.44. The molecule has 1 amide bonds. The van der Waals surface area contributed by atoms with Gasteiger partial charge >= 0.3 is 0 Å². The van der Waals surface area contributed by atoms with E-state index in [9.17, 15) is 4.79 Å². The molecule has 130 valence electrons. The van der Waals surface area contributed by atoms with Gasteiger partial charge in [0.15, 0.2) is 0 Å². The molecule has 1 N–H and O–H groups in total. The van der Waals surface area contributed by atoms with Crippen LogP contribution < -0.4 is 10.2 Å². The minimum Gasteiger partial charge on any atom is -0.378 e. The average Bonchev–Trinajstić information content (AvgIpc) is 3.29. The summed E-state index contributed by atoms with van der Waals surface area (Å²) in [6.45, 7) is 0.997. The summed E-state index contributed by atoms with van der Waals surface area (Å²) in [6.07, 6.45) is 5.65. The van der Waals surface area contributed by atoms with Gasteiger partial charge in [-0.05, 0) is 6.42 Å². The van der Waals surface area contributed by atoms with Crippen molar-refractivity contribution < 1.29 is 9.53 Å². The van der Waals surface area contributed by atoms with Crippen LogP contribution in [0.1, 0.15) is 12.1 Å². The maximum absolute atomic E-state index is 12.7. The van der Waals surface area contributed by atoms with Crippen LogP contribution in [0.4, 0.5) is 11.5 Å². The van der Waals surface area contributed by atoms with E-state index >= 15 is 0 Å². The molecule has 0 spiro atoms. The lowest BCUT2D eigenvalue weighted by atomic mass is 10.2. The van der Waals surface area contributed by atoms with Crippen LogP contribution in [0.2, 0.25) is 0 Å². The molecule has 1 aliphatic rings. The fourth-order valence-electron chi connectivity index (χ4n) is 2.98. The molecule has 1 unspecified atom stereocenters. The van der Waals surface area contributed by atoms with Gasteiger partial charge in [-0.2, -0.15) is 19.7 Å². The van der Waals surface area contributed by atoms with E-state index in [2.05, 4.69) is 25.5 Å². The molecule has 10 heteroatoms. The van der Waals surface area contributed by atoms with Gasteiger partial charge in [0.05, 0.1) is 24.2 Å². The molecule has 25 heavy (non-hydrogen) atoms. The van der Waals surface area contributed by atoms with Crippen molar-refractivity contribution in [2.45, 2.75) is 19.1 Å². The number of hydrogen-bond donors (Lipinski definition) is 1. The van der Waals surface area contributed by atoms with Crippen molar-refractivity contribution in [1.82, 2.24) is 29.4 Å². The highest BCUT2D eigenvalue weighted by atomic mass is 16.5. The van der Waals surface area contributed by atoms with E-state index in [1.807, 2.05) is 19.3 Å². The summed E-state index contributed by atoms with van der Waals surface area (Å²) in [4.78, 5) is 23.0. The predicted molar refractivity (Wildman–Crippen MR) is 89.1 cm³/mol. The second kappa shape index (κ2) is 6.13. The normalized spacial score (nSPS) is 17.6. The maximum Gasteiger partial charge on any atom is 0.254 e. The highest BCUT2D eigenvalue weighted by molar-refractivity contribution is 6.00. The van der Waals surface area contributed by atoms with Crippen LogP contribution in [0.3, 0.4) is 0 Å². The van der Waals surface area contributed by atoms with E-state index < -0.39 is 0 Å². The molecule has 1 atom stereocenters. The summed E-state index contributed by atoms with van der Waals surface area (Å²) in [5, 5.41) is 11.6. The first-order valence-corrected chi connectivity index (χ1v) is 7.91. The van der Waals surface area contributed by atoms with Crippen molar-refractivity contribution in [3.8, 4) is 0 Å². The summed E-state index contributed by atoms with van der Waals surface area (Å²) in [5.41, 5.74) is 1.53. The van der Waals surface area contributed by atoms with Crippen LogP contribution in [0.25, 0.3) is 5.78 Å². The molecular formula is C15H18N8O2. The quantitative estimate of drug-likeness (QED) is 0.707. The molecule has 3 aromatic heterocycles. The van der Waals surface area contributed by atoms with Crippen molar-refractivity contribution in [2.24, 2.45) is 7.05 Å². The van der Waals surface area contributed by atoms with E-state index in [1.165, 1.54) is 6.33 Å². The fourth-order valence-corrected chi connectivity index (χ4v) is 2.98. The molecule has 0 radical (unpaired) electrons. The monoisotopic (exact) mass is 342 g/mol. The second-order valence-corrected chi connectivity index (χ2v) is 5.89. The highest BCUT2D eigenvalue weighted by Gasteiger charge is 2.33. The Hall–Kier alpha value is -3.01. The van der Waals surface area contributed by atoms with Crippen molar-refractivity contribution in [1.29, 1.82) is 0 Å². The lowest BCUT2D eigenvalue weighted by molar-refractivity contribution is -0.117. The molecule has 1 saturated heterocycles. The average molecular weight is 342 g/mol. The van der Waals surface area contributed by atoms with E-state index in [4.69, 9.17) is 4.74 Å². The number of nitrogens with one attached hydrogen (secondary N) is 1. The molecule has 10 nitrogen and oxygen atoms in total. The molecular weight excluding hydrogens is 324 g/mol. The van der Waals surface area contributed by atoms with Crippen LogP contribution >= 0.6 is 0 Å². The maximum atomic E-state index is 12.7. The molecule has 0 saturated carbocycles. The van der Waals surface area contributed by atoms with Gasteiger partial charge < -0.3 is 15.0 Å². The number of methoxy groups -OCH3 is 1. The lowest BCUT2D eigenvalue weighted by Crippen LogP contribution is -2.33. The van der Waals surface area contributed by atoms with E-state index in [-0.39, 0.29) is 11.9 Å². The van der Waals surface area contributed by atoms with E-state index in [1.54, 1.807) is 27.4 Å². The number of carbonyl (C=O) groups excluding carboxylic acids is 1. The Morgan fingerprint density at radius 1 is 1.40 bits per heavy atom. The van der Waals surface area contributed by atoms with Crippen LogP contribution in [-0.4, -0.2) is 55.0 Å². The molecule has 1 aliphatic heterocycles. The Morgan fingerprint density at radius 3 is 3.04 bits per heavy atom. The third-order valence-electron chi connectivity index (χ3n) is 4.13. The molecule has 4 rings (SSSR count). The van der Waals surface area contributed by atoms with Gasteiger partial charge in [-0.25, -0.2) is 4.98 Å². The number of ether oxygens (including phenoxy) is 1. The van der Waals surface area contributed by atoms with Gasteiger partial charge in [0, 0.05) is 33.0 Å². The number of carbonyl (C=O) groups is 1. The number of aromatic nitrogens is 6. The number of nitrogens with zero attached hydrogens (tertiary/aromatic N) is 7. The van der Waals surface area contributed by atoms with Gasteiger partial charge in [0.25, 0.3) is 5.78 Å². The first-order valence-electron chi connectivity index (χ1n) is 7.91. The molecule has 0 aromatic carbocycles. The Balaban J connectivity index is 1.59. The number of anilines is 2. The third-order valence-corrected chi connectivity index (χ3v) is 4.13. The van der Waals surface area contributed by atoms with Gasteiger partial charge in [0.2, 0.25) is 5.91 Å². The molecule has 3 aromatic rings. The largest absolute Gasteiger partial charge is 0.378 e. The Labute approximate surface area is 143 Å². The summed E-state index contributed by atoms with van der Waals surface area (Å²) in [6, 6.07) is 1.48. The third kappa shape index (κ3) is 2.80. The first kappa shape index (κ1) is 15.5. The van der Waals surface area contributed by atoms with Gasteiger partial charge in [0.1, 0.15) is 18.2 Å². The molecule has 4 heterocycles. The zero-order valence-corrected chi connectivity index (χ0v) is 14.0. The van der Waals surface area contributed by atoms with Crippen LogP contribution in [0.5, 0.6) is 0 Å². The predicted octanol–water partition coefficient (Wildman–Crippen LogP) is 0.222. The Kier molecular flexibility index (Phi) is 3.80. The van der Waals surface area contributed by atoms with Crippen molar-refractivity contribution in [3.63, 3.8) is 0 Å². The van der Waals surface area contributed by atoms with Gasteiger partial charge in [-0.15, -0.1) is 0 Å². The van der Waals surface area contributed by atoms with Crippen molar-refractivity contribution in [2.75, 3.05) is 23.9 Å². The fraction of sp³-hybridized carbons (Fsp3) is 0.400. The van der Waals surface area contributed by atoms with Gasteiger partial charge in [-0.3, -0.25) is 9.48 Å². The standard InChI is InChI=1S/C15H18N8O2/c1-21-7-11(6-17-21)22-4-3-12(14(22)24)20-13-5-10(8-25-2)19-15-16-9-18-23(13)15/h5-7,9,12,20H,3-4,8H2,1-2H3. The van der Waals surface area contributed by atoms with Crippen molar-refractivity contribution in [3.05, 3.63) is 30.5 Å². The number of hydrogen-bond acceptors (Lipinski definition) is 7. The Morgan fingerprint density at radius 2 is 2.28 bits per heavy atom. The molecule has 1 fully saturated rings. The topological polar surface area (TPSA) is 102 Å². The number of rotatable bonds is 5. The second-order valence-electron chi connectivity index (χ2n) is 5.89. The zero-order valence-electron chi connectivity index (χ0n) is 14.0. The molecule has 0 aliphatic carbocycles. The van der Waals surface area contributed by atoms with Crippen LogP contribution in [-0.2, 0) is 23.2 Å². The van der Waals surface area contributed by atoms with E-state index in [0.717, 1.165) is 11.4 Å². The number of fused-ring (bicyclic) bond motifs is 1. The highest BCUT2D eigenvalue weighted by Crippen LogP contribution is 2.23. The zero-order chi connectivity index (χ0) is 17.4. The van der Waals surface area contributed by atoms with Crippen molar-refractivity contribution >= 4 is 23.2 Å². The Bertz CT molecular complexity index is 917. The summed E-state index contributed by atoms with van der Waals surface area (Å²) in [5.74, 6) is 1.14. The van der Waals surface area contributed by atoms with Gasteiger partial charge in [-0.1, -0.05) is 0 Å². The SMILES string of the molecule is COCc1cc(NC2CCN(c3cnn(C)c3)C2=O)n2ncnc2n1. The first-order chi connectivity index (χ1) is 12.2. The molecule has 0 bridgehead atoms. The number of aryl methyl sites for hydroxylation is 1. The van der Waals surface area contributed by atoms with Crippen LogP contribution in [0.15, 0.2) is 24.8 Å². The summed E-state index contributed by atoms with van der Waals surface area (Å²) < 4.78 is 8.41. The smallest absolute Gasteiger partial charge is 0.254 e. The minimum atomic E-state index is -0.342.